The molecule has 4 nitrogen and oxygen atoms in total. The van der Waals surface area contributed by atoms with Crippen LogP contribution in [0.3, 0.4) is 0 Å². The number of benzene rings is 1. The Morgan fingerprint density at radius 1 is 1.39 bits per heavy atom. The summed E-state index contributed by atoms with van der Waals surface area (Å²) in [5, 5.41) is 9.61. The normalized spacial score (nSPS) is 10.0. The lowest BCUT2D eigenvalue weighted by molar-refractivity contribution is 0.935. The van der Waals surface area contributed by atoms with Gasteiger partial charge in [-0.25, -0.2) is 4.98 Å². The van der Waals surface area contributed by atoms with Crippen molar-refractivity contribution in [3.05, 3.63) is 46.2 Å². The molecule has 0 aliphatic rings. The van der Waals surface area contributed by atoms with Crippen LogP contribution in [0.2, 0.25) is 0 Å². The van der Waals surface area contributed by atoms with E-state index in [1.54, 1.807) is 0 Å². The molecular weight excluding hydrogens is 246 g/mol. The molecule has 0 amide bonds. The minimum atomic E-state index is -0.387. The van der Waals surface area contributed by atoms with E-state index in [0.29, 0.717) is 10.9 Å². The van der Waals surface area contributed by atoms with Gasteiger partial charge in [0, 0.05) is 5.56 Å². The summed E-state index contributed by atoms with van der Waals surface area (Å²) < 4.78 is 0. The number of nitrogens with zero attached hydrogens (tertiary/aromatic N) is 2. The van der Waals surface area contributed by atoms with Crippen molar-refractivity contribution in [3.63, 3.8) is 0 Å². The van der Waals surface area contributed by atoms with E-state index in [4.69, 9.17) is 5.26 Å². The molecule has 90 valence electrons. The Bertz CT molecular complexity index is 644. The van der Waals surface area contributed by atoms with Crippen LogP contribution in [0.15, 0.2) is 40.3 Å². The maximum absolute atomic E-state index is 11.8. The van der Waals surface area contributed by atoms with Gasteiger partial charge in [-0.1, -0.05) is 49.0 Å². The molecule has 0 fully saturated rings. The van der Waals surface area contributed by atoms with Gasteiger partial charge in [-0.2, -0.15) is 5.26 Å². The molecule has 2 rings (SSSR count). The average Bonchev–Trinajstić information content (AvgIpc) is 2.39. The van der Waals surface area contributed by atoms with Gasteiger partial charge in [0.2, 0.25) is 0 Å². The largest absolute Gasteiger partial charge is 0.300 e. The molecule has 1 aromatic carbocycles. The number of rotatable bonds is 3. The Hall–Kier alpha value is -2.06. The summed E-state index contributed by atoms with van der Waals surface area (Å²) in [7, 11) is 0. The number of nitriles is 1. The lowest BCUT2D eigenvalue weighted by Crippen LogP contribution is -2.14. The number of aromatic amines is 1. The third kappa shape index (κ3) is 2.44. The van der Waals surface area contributed by atoms with E-state index in [2.05, 4.69) is 9.97 Å². The molecule has 0 aliphatic carbocycles. The fraction of sp³-hybridized carbons (Fsp3) is 0.154. The van der Waals surface area contributed by atoms with Crippen molar-refractivity contribution >= 4 is 11.8 Å². The Kier molecular flexibility index (Phi) is 3.80. The summed E-state index contributed by atoms with van der Waals surface area (Å²) in [6, 6.07) is 11.2. The summed E-state index contributed by atoms with van der Waals surface area (Å²) in [5.41, 5.74) is 0.889. The van der Waals surface area contributed by atoms with Gasteiger partial charge in [0.1, 0.15) is 11.6 Å². The van der Waals surface area contributed by atoms with Gasteiger partial charge in [-0.3, -0.25) is 4.79 Å². The van der Waals surface area contributed by atoms with Gasteiger partial charge in [-0.15, -0.1) is 0 Å². The topological polar surface area (TPSA) is 69.5 Å². The molecule has 0 aliphatic heterocycles. The summed E-state index contributed by atoms with van der Waals surface area (Å²) >= 11 is 1.44. The van der Waals surface area contributed by atoms with E-state index >= 15 is 0 Å². The summed E-state index contributed by atoms with van der Waals surface area (Å²) in [5.74, 6) is 0.809. The molecule has 1 heterocycles. The number of nitrogens with one attached hydrogen (secondary N) is 1. The second-order valence-electron chi connectivity index (χ2n) is 3.51. The van der Waals surface area contributed by atoms with Gasteiger partial charge in [0.15, 0.2) is 5.16 Å². The number of aromatic nitrogens is 2. The van der Waals surface area contributed by atoms with Crippen LogP contribution < -0.4 is 5.56 Å². The summed E-state index contributed by atoms with van der Waals surface area (Å²) in [6.45, 7) is 1.98. The first-order valence-electron chi connectivity index (χ1n) is 5.49. The Morgan fingerprint density at radius 3 is 2.72 bits per heavy atom. The average molecular weight is 257 g/mol. The van der Waals surface area contributed by atoms with Crippen LogP contribution in [-0.2, 0) is 0 Å². The van der Waals surface area contributed by atoms with Gasteiger partial charge in [0.05, 0.1) is 5.69 Å². The van der Waals surface area contributed by atoms with Gasteiger partial charge in [-0.05, 0) is 5.75 Å². The first-order valence-corrected chi connectivity index (χ1v) is 6.47. The van der Waals surface area contributed by atoms with Crippen molar-refractivity contribution in [2.45, 2.75) is 12.1 Å². The van der Waals surface area contributed by atoms with Crippen molar-refractivity contribution in [2.75, 3.05) is 5.75 Å². The van der Waals surface area contributed by atoms with Crippen LogP contribution >= 0.6 is 11.8 Å². The van der Waals surface area contributed by atoms with E-state index in [-0.39, 0.29) is 11.1 Å². The zero-order valence-corrected chi connectivity index (χ0v) is 10.6. The third-order valence-electron chi connectivity index (χ3n) is 2.34. The monoisotopic (exact) mass is 257 g/mol. The molecule has 2 aromatic rings. The van der Waals surface area contributed by atoms with Gasteiger partial charge in [0.25, 0.3) is 5.56 Å². The maximum Gasteiger partial charge on any atom is 0.270 e. The number of thioether (sulfide) groups is 1. The Labute approximate surface area is 109 Å². The number of hydrogen-bond acceptors (Lipinski definition) is 4. The third-order valence-corrected chi connectivity index (χ3v) is 3.09. The van der Waals surface area contributed by atoms with Crippen molar-refractivity contribution < 1.29 is 0 Å². The molecule has 0 saturated carbocycles. The highest BCUT2D eigenvalue weighted by atomic mass is 32.2. The van der Waals surface area contributed by atoms with Crippen LogP contribution in [0.25, 0.3) is 11.3 Å². The summed E-state index contributed by atoms with van der Waals surface area (Å²) in [4.78, 5) is 18.8. The predicted octanol–water partition coefficient (Wildman–Crippen LogP) is 2.42. The van der Waals surface area contributed by atoms with E-state index in [1.807, 2.05) is 43.3 Å². The Morgan fingerprint density at radius 2 is 2.11 bits per heavy atom. The lowest BCUT2D eigenvalue weighted by Gasteiger charge is -2.05. The molecule has 0 atom stereocenters. The quantitative estimate of drug-likeness (QED) is 0.677. The van der Waals surface area contributed by atoms with E-state index in [0.717, 1.165) is 11.3 Å². The molecular formula is C13H11N3OS. The molecule has 1 aromatic heterocycles. The zero-order chi connectivity index (χ0) is 13.0. The van der Waals surface area contributed by atoms with E-state index in [9.17, 15) is 4.79 Å². The molecule has 5 heteroatoms. The minimum Gasteiger partial charge on any atom is -0.300 e. The molecule has 0 bridgehead atoms. The van der Waals surface area contributed by atoms with Crippen LogP contribution in [0.4, 0.5) is 0 Å². The van der Waals surface area contributed by atoms with Crippen molar-refractivity contribution in [3.8, 4) is 17.3 Å². The van der Waals surface area contributed by atoms with Gasteiger partial charge >= 0.3 is 0 Å². The number of hydrogen-bond donors (Lipinski definition) is 1. The van der Waals surface area contributed by atoms with Crippen molar-refractivity contribution in [1.82, 2.24) is 9.97 Å². The standard InChI is InChI=1S/C13H11N3OS/c1-2-18-13-15-11(9-6-4-3-5-7-9)10(8-14)12(17)16-13/h3-7H,2H2,1H3,(H,15,16,17). The fourth-order valence-corrected chi connectivity index (χ4v) is 2.16. The van der Waals surface area contributed by atoms with Crippen LogP contribution in [0.1, 0.15) is 12.5 Å². The lowest BCUT2D eigenvalue weighted by atomic mass is 10.1. The molecule has 0 saturated heterocycles. The highest BCUT2D eigenvalue weighted by Crippen LogP contribution is 2.21. The minimum absolute atomic E-state index is 0.0571. The Balaban J connectivity index is 2.65. The van der Waals surface area contributed by atoms with Crippen LogP contribution in [0.5, 0.6) is 0 Å². The number of H-pyrrole nitrogens is 1. The highest BCUT2D eigenvalue weighted by molar-refractivity contribution is 7.99. The SMILES string of the molecule is CCSc1nc(-c2ccccc2)c(C#N)c(=O)[nH]1. The molecule has 0 radical (unpaired) electrons. The zero-order valence-electron chi connectivity index (χ0n) is 9.80. The van der Waals surface area contributed by atoms with Crippen molar-refractivity contribution in [1.29, 1.82) is 5.26 Å². The van der Waals surface area contributed by atoms with Crippen LogP contribution in [0, 0.1) is 11.3 Å². The first kappa shape index (κ1) is 12.4. The second kappa shape index (κ2) is 5.52. The molecule has 18 heavy (non-hydrogen) atoms. The first-order chi connectivity index (χ1) is 8.76. The summed E-state index contributed by atoms with van der Waals surface area (Å²) in [6.07, 6.45) is 0. The second-order valence-corrected chi connectivity index (χ2v) is 4.76. The highest BCUT2D eigenvalue weighted by Gasteiger charge is 2.12. The van der Waals surface area contributed by atoms with Crippen molar-refractivity contribution in [2.24, 2.45) is 0 Å². The fourth-order valence-electron chi connectivity index (χ4n) is 1.57. The molecule has 1 N–H and O–H groups in total. The maximum atomic E-state index is 11.8. The van der Waals surface area contributed by atoms with Crippen LogP contribution in [-0.4, -0.2) is 15.7 Å². The molecule has 0 spiro atoms. The smallest absolute Gasteiger partial charge is 0.270 e. The van der Waals surface area contributed by atoms with E-state index in [1.165, 1.54) is 11.8 Å². The van der Waals surface area contributed by atoms with E-state index < -0.39 is 0 Å². The van der Waals surface area contributed by atoms with Gasteiger partial charge < -0.3 is 4.98 Å². The molecule has 0 unspecified atom stereocenters. The predicted molar refractivity (Wildman–Crippen MR) is 71.4 cm³/mol.